The van der Waals surface area contributed by atoms with Gasteiger partial charge in [-0.05, 0) is 71.0 Å². The molecule has 0 saturated heterocycles. The molecule has 0 heterocycles. The van der Waals surface area contributed by atoms with Crippen molar-refractivity contribution in [2.75, 3.05) is 5.32 Å². The molecule has 1 N–H and O–H groups in total. The second-order valence-corrected chi connectivity index (χ2v) is 5.96. The molecule has 1 amide bonds. The van der Waals surface area contributed by atoms with Gasteiger partial charge in [-0.3, -0.25) is 4.79 Å². The number of hydrogen-bond acceptors (Lipinski definition) is 1. The summed E-state index contributed by atoms with van der Waals surface area (Å²) in [5.74, 6) is -0.172. The van der Waals surface area contributed by atoms with Crippen LogP contribution in [0, 0.1) is 10.5 Å². The Labute approximate surface area is 137 Å². The lowest BCUT2D eigenvalue weighted by molar-refractivity contribution is -0.111. The van der Waals surface area contributed by atoms with E-state index in [1.807, 2.05) is 43.3 Å². The van der Waals surface area contributed by atoms with E-state index >= 15 is 0 Å². The van der Waals surface area contributed by atoms with E-state index in [0.29, 0.717) is 5.02 Å². The predicted molar refractivity (Wildman–Crippen MR) is 93.0 cm³/mol. The molecule has 0 aliphatic carbocycles. The van der Waals surface area contributed by atoms with Crippen LogP contribution in [0.3, 0.4) is 0 Å². The summed E-state index contributed by atoms with van der Waals surface area (Å²) in [5, 5.41) is 3.48. The van der Waals surface area contributed by atoms with Gasteiger partial charge in [-0.1, -0.05) is 29.8 Å². The molecule has 0 bridgehead atoms. The molecule has 0 unspecified atom stereocenters. The summed E-state index contributed by atoms with van der Waals surface area (Å²) in [6, 6.07) is 13.3. The van der Waals surface area contributed by atoms with Crippen molar-refractivity contribution in [3.8, 4) is 0 Å². The lowest BCUT2D eigenvalue weighted by Crippen LogP contribution is -2.08. The molecule has 0 aliphatic heterocycles. The number of carbonyl (C=O) groups is 1. The van der Waals surface area contributed by atoms with Crippen molar-refractivity contribution in [3.63, 3.8) is 0 Å². The van der Waals surface area contributed by atoms with Crippen molar-refractivity contribution in [2.45, 2.75) is 6.92 Å². The first-order valence-electron chi connectivity index (χ1n) is 6.06. The third kappa shape index (κ3) is 4.08. The number of rotatable bonds is 3. The van der Waals surface area contributed by atoms with E-state index in [2.05, 4.69) is 27.9 Å². The normalized spacial score (nSPS) is 10.8. The molecule has 0 fully saturated rings. The molecule has 102 valence electrons. The minimum atomic E-state index is -0.172. The highest BCUT2D eigenvalue weighted by molar-refractivity contribution is 14.1. The van der Waals surface area contributed by atoms with E-state index in [4.69, 9.17) is 11.6 Å². The highest BCUT2D eigenvalue weighted by Gasteiger charge is 2.02. The zero-order chi connectivity index (χ0) is 14.5. The predicted octanol–water partition coefficient (Wildman–Crippen LogP) is 4.90. The SMILES string of the molecule is Cc1cc(I)ccc1NC(=O)/C=C/c1ccccc1Cl. The second kappa shape index (κ2) is 6.90. The van der Waals surface area contributed by atoms with E-state index in [0.717, 1.165) is 20.4 Å². The molecule has 2 aromatic carbocycles. The van der Waals surface area contributed by atoms with Gasteiger partial charge >= 0.3 is 0 Å². The fraction of sp³-hybridized carbons (Fsp3) is 0.0625. The van der Waals surface area contributed by atoms with Crippen LogP contribution in [-0.4, -0.2) is 5.91 Å². The van der Waals surface area contributed by atoms with E-state index in [1.54, 1.807) is 12.1 Å². The fourth-order valence-corrected chi connectivity index (χ4v) is 2.56. The van der Waals surface area contributed by atoms with Gasteiger partial charge in [0.05, 0.1) is 0 Å². The number of halogens is 2. The van der Waals surface area contributed by atoms with Gasteiger partial charge in [0.25, 0.3) is 0 Å². The van der Waals surface area contributed by atoms with Crippen LogP contribution >= 0.6 is 34.2 Å². The summed E-state index contributed by atoms with van der Waals surface area (Å²) in [6.45, 7) is 1.97. The van der Waals surface area contributed by atoms with Gasteiger partial charge in [0.2, 0.25) is 5.91 Å². The van der Waals surface area contributed by atoms with Crippen molar-refractivity contribution >= 4 is 51.9 Å². The summed E-state index contributed by atoms with van der Waals surface area (Å²) in [7, 11) is 0. The van der Waals surface area contributed by atoms with E-state index < -0.39 is 0 Å². The average molecular weight is 398 g/mol. The van der Waals surface area contributed by atoms with Crippen LogP contribution in [0.5, 0.6) is 0 Å². The molecule has 2 nitrogen and oxygen atoms in total. The minimum Gasteiger partial charge on any atom is -0.322 e. The van der Waals surface area contributed by atoms with Crippen LogP contribution in [-0.2, 0) is 4.79 Å². The average Bonchev–Trinajstić information content (AvgIpc) is 2.41. The highest BCUT2D eigenvalue weighted by atomic mass is 127. The van der Waals surface area contributed by atoms with Crippen LogP contribution in [0.2, 0.25) is 5.02 Å². The minimum absolute atomic E-state index is 0.172. The van der Waals surface area contributed by atoms with Crippen LogP contribution in [0.1, 0.15) is 11.1 Å². The van der Waals surface area contributed by atoms with Gasteiger partial charge in [0.15, 0.2) is 0 Å². The van der Waals surface area contributed by atoms with Gasteiger partial charge in [-0.25, -0.2) is 0 Å². The van der Waals surface area contributed by atoms with Crippen molar-refractivity contribution in [1.29, 1.82) is 0 Å². The third-order valence-corrected chi connectivity index (χ3v) is 3.78. The molecular weight excluding hydrogens is 385 g/mol. The molecule has 0 spiro atoms. The number of nitrogens with one attached hydrogen (secondary N) is 1. The first kappa shape index (κ1) is 15.1. The van der Waals surface area contributed by atoms with Gasteiger partial charge in [0.1, 0.15) is 0 Å². The summed E-state index contributed by atoms with van der Waals surface area (Å²) in [5.41, 5.74) is 2.68. The van der Waals surface area contributed by atoms with Crippen molar-refractivity contribution in [2.24, 2.45) is 0 Å². The number of carbonyl (C=O) groups excluding carboxylic acids is 1. The van der Waals surface area contributed by atoms with Crippen LogP contribution < -0.4 is 5.32 Å². The Morgan fingerprint density at radius 1 is 1.25 bits per heavy atom. The van der Waals surface area contributed by atoms with E-state index in [9.17, 15) is 4.79 Å². The molecule has 20 heavy (non-hydrogen) atoms. The Morgan fingerprint density at radius 2 is 2.00 bits per heavy atom. The number of aryl methyl sites for hydroxylation is 1. The zero-order valence-electron chi connectivity index (χ0n) is 10.9. The Balaban J connectivity index is 2.08. The fourth-order valence-electron chi connectivity index (χ4n) is 1.72. The van der Waals surface area contributed by atoms with Crippen molar-refractivity contribution in [3.05, 3.63) is 68.3 Å². The Bertz CT molecular complexity index is 667. The topological polar surface area (TPSA) is 29.1 Å². The Kier molecular flexibility index (Phi) is 5.20. The maximum atomic E-state index is 11.9. The lowest BCUT2D eigenvalue weighted by atomic mass is 10.2. The van der Waals surface area contributed by atoms with Crippen LogP contribution in [0.4, 0.5) is 5.69 Å². The third-order valence-electron chi connectivity index (χ3n) is 2.77. The van der Waals surface area contributed by atoms with Gasteiger partial charge in [-0.15, -0.1) is 0 Å². The maximum Gasteiger partial charge on any atom is 0.248 e. The molecule has 2 aromatic rings. The standard InChI is InChI=1S/C16H13ClINO/c1-11-10-13(18)7-8-15(11)19-16(20)9-6-12-4-2-3-5-14(12)17/h2-10H,1H3,(H,19,20)/b9-6+. The van der Waals surface area contributed by atoms with Crippen molar-refractivity contribution < 1.29 is 4.79 Å². The molecule has 0 radical (unpaired) electrons. The monoisotopic (exact) mass is 397 g/mol. The van der Waals surface area contributed by atoms with Gasteiger partial charge in [0, 0.05) is 20.4 Å². The summed E-state index contributed by atoms with van der Waals surface area (Å²) >= 11 is 8.27. The van der Waals surface area contributed by atoms with Crippen LogP contribution in [0.15, 0.2) is 48.5 Å². The first-order valence-corrected chi connectivity index (χ1v) is 7.51. The summed E-state index contributed by atoms with van der Waals surface area (Å²) < 4.78 is 1.14. The number of anilines is 1. The highest BCUT2D eigenvalue weighted by Crippen LogP contribution is 2.19. The summed E-state index contributed by atoms with van der Waals surface area (Å²) in [4.78, 5) is 11.9. The number of amides is 1. The zero-order valence-corrected chi connectivity index (χ0v) is 13.8. The quantitative estimate of drug-likeness (QED) is 0.579. The van der Waals surface area contributed by atoms with Crippen LogP contribution in [0.25, 0.3) is 6.08 Å². The first-order chi connectivity index (χ1) is 9.56. The molecule has 0 aromatic heterocycles. The molecule has 4 heteroatoms. The molecule has 0 aliphatic rings. The lowest BCUT2D eigenvalue weighted by Gasteiger charge is -2.06. The molecule has 0 atom stereocenters. The molecular formula is C16H13ClINO. The number of benzene rings is 2. The number of hydrogen-bond donors (Lipinski definition) is 1. The molecule has 2 rings (SSSR count). The summed E-state index contributed by atoms with van der Waals surface area (Å²) in [6.07, 6.45) is 3.19. The second-order valence-electron chi connectivity index (χ2n) is 4.30. The van der Waals surface area contributed by atoms with Gasteiger partial charge in [-0.2, -0.15) is 0 Å². The molecule has 0 saturated carbocycles. The largest absolute Gasteiger partial charge is 0.322 e. The maximum absolute atomic E-state index is 11.9. The van der Waals surface area contributed by atoms with Gasteiger partial charge < -0.3 is 5.32 Å². The van der Waals surface area contributed by atoms with E-state index in [-0.39, 0.29) is 5.91 Å². The Hall–Kier alpha value is -1.33. The van der Waals surface area contributed by atoms with Crippen molar-refractivity contribution in [1.82, 2.24) is 0 Å². The van der Waals surface area contributed by atoms with E-state index in [1.165, 1.54) is 6.08 Å². The smallest absolute Gasteiger partial charge is 0.248 e. The Morgan fingerprint density at radius 3 is 2.70 bits per heavy atom.